The highest BCUT2D eigenvalue weighted by Crippen LogP contribution is 2.24. The Labute approximate surface area is 82.6 Å². The van der Waals surface area contributed by atoms with E-state index in [0.29, 0.717) is 0 Å². The molecule has 0 saturated heterocycles. The van der Waals surface area contributed by atoms with E-state index in [2.05, 4.69) is 0 Å². The molecular formula is C10H14O4. The molecule has 0 heterocycles. The lowest BCUT2D eigenvalue weighted by Gasteiger charge is -2.27. The molecule has 0 bridgehead atoms. The number of hydrogen-bond acceptors (Lipinski definition) is 4. The Bertz CT molecular complexity index is 215. The molecule has 4 nitrogen and oxygen atoms in total. The van der Waals surface area contributed by atoms with Crippen molar-refractivity contribution in [3.63, 3.8) is 0 Å². The molecule has 2 saturated carbocycles. The Balaban J connectivity index is 1.69. The molecule has 0 radical (unpaired) electrons. The molecule has 0 aromatic carbocycles. The van der Waals surface area contributed by atoms with Crippen LogP contribution in [0.4, 0.5) is 0 Å². The smallest absolute Gasteiger partial charge is 0.417 e. The number of carbonyl (C=O) groups excluding carboxylic acids is 2. The van der Waals surface area contributed by atoms with Gasteiger partial charge in [0.2, 0.25) is 0 Å². The van der Waals surface area contributed by atoms with Crippen molar-refractivity contribution in [3.8, 4) is 0 Å². The lowest BCUT2D eigenvalue weighted by Crippen LogP contribution is -2.34. The summed E-state index contributed by atoms with van der Waals surface area (Å²) in [5, 5.41) is 0. The topological polar surface area (TPSA) is 52.6 Å². The summed E-state index contributed by atoms with van der Waals surface area (Å²) in [6.07, 6.45) is 5.58. The van der Waals surface area contributed by atoms with Crippen LogP contribution in [0.2, 0.25) is 0 Å². The van der Waals surface area contributed by atoms with Gasteiger partial charge in [0.05, 0.1) is 0 Å². The second kappa shape index (κ2) is 3.98. The minimum atomic E-state index is -0.818. The van der Waals surface area contributed by atoms with Crippen LogP contribution in [0, 0.1) is 0 Å². The van der Waals surface area contributed by atoms with Crippen molar-refractivity contribution < 1.29 is 19.1 Å². The fraction of sp³-hybridized carbons (Fsp3) is 0.800. The van der Waals surface area contributed by atoms with Crippen molar-refractivity contribution in [1.82, 2.24) is 0 Å². The van der Waals surface area contributed by atoms with Crippen LogP contribution in [0.3, 0.4) is 0 Å². The van der Waals surface area contributed by atoms with Crippen LogP contribution in [-0.2, 0) is 19.1 Å². The summed E-state index contributed by atoms with van der Waals surface area (Å²) in [6, 6.07) is 0. The zero-order chi connectivity index (χ0) is 9.97. The molecule has 14 heavy (non-hydrogen) atoms. The van der Waals surface area contributed by atoms with E-state index in [4.69, 9.17) is 9.47 Å². The van der Waals surface area contributed by atoms with Gasteiger partial charge in [-0.05, 0) is 38.5 Å². The van der Waals surface area contributed by atoms with Crippen LogP contribution in [0.25, 0.3) is 0 Å². The zero-order valence-corrected chi connectivity index (χ0v) is 8.03. The predicted molar refractivity (Wildman–Crippen MR) is 47.5 cm³/mol. The van der Waals surface area contributed by atoms with Gasteiger partial charge in [0.1, 0.15) is 12.2 Å². The summed E-state index contributed by atoms with van der Waals surface area (Å²) >= 11 is 0. The first kappa shape index (κ1) is 9.49. The molecule has 0 N–H and O–H groups in total. The van der Waals surface area contributed by atoms with E-state index in [1.165, 1.54) is 0 Å². The van der Waals surface area contributed by atoms with Crippen molar-refractivity contribution in [2.45, 2.75) is 50.7 Å². The van der Waals surface area contributed by atoms with Crippen molar-refractivity contribution in [2.75, 3.05) is 0 Å². The lowest BCUT2D eigenvalue weighted by molar-refractivity contribution is -0.178. The SMILES string of the molecule is O=C(OC1CCC1)C(=O)OC1CCC1. The monoisotopic (exact) mass is 198 g/mol. The Morgan fingerprint density at radius 2 is 1.14 bits per heavy atom. The van der Waals surface area contributed by atoms with Gasteiger partial charge < -0.3 is 9.47 Å². The molecule has 2 fully saturated rings. The fourth-order valence-corrected chi connectivity index (χ4v) is 1.38. The maximum atomic E-state index is 11.1. The van der Waals surface area contributed by atoms with Crippen LogP contribution in [0.15, 0.2) is 0 Å². The first-order chi connectivity index (χ1) is 6.75. The van der Waals surface area contributed by atoms with Gasteiger partial charge in [-0.25, -0.2) is 9.59 Å². The lowest BCUT2D eigenvalue weighted by atomic mass is 9.96. The van der Waals surface area contributed by atoms with E-state index in [1.54, 1.807) is 0 Å². The third-order valence-electron chi connectivity index (χ3n) is 2.82. The van der Waals surface area contributed by atoms with Crippen LogP contribution in [0.1, 0.15) is 38.5 Å². The number of rotatable bonds is 2. The highest BCUT2D eigenvalue weighted by Gasteiger charge is 2.30. The summed E-state index contributed by atoms with van der Waals surface area (Å²) in [7, 11) is 0. The average Bonchev–Trinajstić information content (AvgIpc) is 2.03. The van der Waals surface area contributed by atoms with Crippen LogP contribution in [0.5, 0.6) is 0 Å². The minimum absolute atomic E-state index is 0.0450. The van der Waals surface area contributed by atoms with Gasteiger partial charge in [-0.2, -0.15) is 0 Å². The highest BCUT2D eigenvalue weighted by atomic mass is 16.6. The van der Waals surface area contributed by atoms with Gasteiger partial charge in [0, 0.05) is 0 Å². The molecule has 4 heteroatoms. The zero-order valence-electron chi connectivity index (χ0n) is 8.03. The Morgan fingerprint density at radius 1 is 0.786 bits per heavy atom. The largest absolute Gasteiger partial charge is 0.454 e. The summed E-state index contributed by atoms with van der Waals surface area (Å²) in [6.45, 7) is 0. The minimum Gasteiger partial charge on any atom is -0.454 e. The Morgan fingerprint density at radius 3 is 1.36 bits per heavy atom. The first-order valence-electron chi connectivity index (χ1n) is 5.17. The van der Waals surface area contributed by atoms with Gasteiger partial charge in [-0.3, -0.25) is 0 Å². The van der Waals surface area contributed by atoms with E-state index in [-0.39, 0.29) is 12.2 Å². The number of carbonyl (C=O) groups is 2. The molecule has 0 aromatic heterocycles. The molecule has 0 aliphatic heterocycles. The molecule has 2 aliphatic rings. The molecule has 2 rings (SSSR count). The van der Waals surface area contributed by atoms with Gasteiger partial charge in [0.25, 0.3) is 0 Å². The normalized spacial score (nSPS) is 22.0. The standard InChI is InChI=1S/C10H14O4/c11-9(13-7-3-1-4-7)10(12)14-8-5-2-6-8/h7-8H,1-6H2. The molecular weight excluding hydrogens is 184 g/mol. The van der Waals surface area contributed by atoms with Crippen molar-refractivity contribution in [1.29, 1.82) is 0 Å². The van der Waals surface area contributed by atoms with Gasteiger partial charge in [-0.1, -0.05) is 0 Å². The van der Waals surface area contributed by atoms with Gasteiger partial charge in [0.15, 0.2) is 0 Å². The molecule has 0 spiro atoms. The first-order valence-corrected chi connectivity index (χ1v) is 5.17. The second-order valence-electron chi connectivity index (χ2n) is 3.92. The molecule has 0 amide bonds. The van der Waals surface area contributed by atoms with Gasteiger partial charge in [-0.15, -0.1) is 0 Å². The molecule has 78 valence electrons. The van der Waals surface area contributed by atoms with Crippen molar-refractivity contribution in [3.05, 3.63) is 0 Å². The van der Waals surface area contributed by atoms with E-state index in [0.717, 1.165) is 38.5 Å². The fourth-order valence-electron chi connectivity index (χ4n) is 1.38. The van der Waals surface area contributed by atoms with Gasteiger partial charge >= 0.3 is 11.9 Å². The molecule has 2 aliphatic carbocycles. The number of hydrogen-bond donors (Lipinski definition) is 0. The summed E-state index contributed by atoms with van der Waals surface area (Å²) < 4.78 is 9.81. The van der Waals surface area contributed by atoms with Crippen LogP contribution < -0.4 is 0 Å². The average molecular weight is 198 g/mol. The summed E-state index contributed by atoms with van der Waals surface area (Å²) in [4.78, 5) is 22.2. The third-order valence-corrected chi connectivity index (χ3v) is 2.82. The third kappa shape index (κ3) is 2.05. The van der Waals surface area contributed by atoms with Crippen LogP contribution >= 0.6 is 0 Å². The van der Waals surface area contributed by atoms with Crippen molar-refractivity contribution >= 4 is 11.9 Å². The number of esters is 2. The van der Waals surface area contributed by atoms with E-state index in [9.17, 15) is 9.59 Å². The van der Waals surface area contributed by atoms with Crippen LogP contribution in [-0.4, -0.2) is 24.1 Å². The maximum absolute atomic E-state index is 11.1. The maximum Gasteiger partial charge on any atom is 0.417 e. The van der Waals surface area contributed by atoms with E-state index >= 15 is 0 Å². The second-order valence-corrected chi connectivity index (χ2v) is 3.92. The van der Waals surface area contributed by atoms with Crippen molar-refractivity contribution in [2.24, 2.45) is 0 Å². The summed E-state index contributed by atoms with van der Waals surface area (Å²) in [5.41, 5.74) is 0. The van der Waals surface area contributed by atoms with E-state index < -0.39 is 11.9 Å². The van der Waals surface area contributed by atoms with E-state index in [1.807, 2.05) is 0 Å². The molecule has 0 atom stereocenters. The molecule has 0 aromatic rings. The highest BCUT2D eigenvalue weighted by molar-refractivity contribution is 6.29. The molecule has 0 unspecified atom stereocenters. The Hall–Kier alpha value is -1.06. The summed E-state index contributed by atoms with van der Waals surface area (Å²) in [5.74, 6) is -1.64. The Kier molecular flexibility index (Phi) is 2.70. The number of ether oxygens (including phenoxy) is 2. The quantitative estimate of drug-likeness (QED) is 0.494. The predicted octanol–water partition coefficient (Wildman–Crippen LogP) is 1.18.